The van der Waals surface area contributed by atoms with Crippen molar-refractivity contribution in [1.82, 2.24) is 9.55 Å². The van der Waals surface area contributed by atoms with Crippen LogP contribution < -0.4 is 10.9 Å². The molecule has 0 spiro atoms. The Kier molecular flexibility index (Phi) is 5.81. The Morgan fingerprint density at radius 2 is 1.59 bits per heavy atom. The van der Waals surface area contributed by atoms with Crippen molar-refractivity contribution in [3.05, 3.63) is 95.0 Å². The van der Waals surface area contributed by atoms with E-state index in [-0.39, 0.29) is 11.3 Å². The normalized spacial score (nSPS) is 11.7. The number of nitrogens with one attached hydrogen (secondary N) is 1. The summed E-state index contributed by atoms with van der Waals surface area (Å²) in [6.07, 6.45) is 0.443. The minimum absolute atomic E-state index is 0.0809. The predicted octanol–water partition coefficient (Wildman–Crippen LogP) is 3.78. The van der Waals surface area contributed by atoms with Gasteiger partial charge in [-0.2, -0.15) is 0 Å². The molecule has 4 aromatic rings. The monoisotopic (exact) mass is 427 g/mol. The fourth-order valence-corrected chi connectivity index (χ4v) is 3.54. The maximum absolute atomic E-state index is 13.2. The van der Waals surface area contributed by atoms with Gasteiger partial charge in [-0.15, -0.1) is 0 Å². The number of hydrogen-bond acceptors (Lipinski definition) is 5. The van der Waals surface area contributed by atoms with Crippen LogP contribution in [0.25, 0.3) is 21.9 Å². The fraction of sp³-hybridized carbons (Fsp3) is 0.120. The molecule has 7 heteroatoms. The highest BCUT2D eigenvalue weighted by molar-refractivity contribution is 6.07. The first-order valence-electron chi connectivity index (χ1n) is 10.1. The molecule has 4 rings (SSSR count). The third-order valence-electron chi connectivity index (χ3n) is 5.13. The molecule has 0 aliphatic carbocycles. The highest BCUT2D eigenvalue weighted by Crippen LogP contribution is 2.31. The second-order valence-corrected chi connectivity index (χ2v) is 7.25. The molecule has 2 aromatic carbocycles. The van der Waals surface area contributed by atoms with Gasteiger partial charge in [-0.3, -0.25) is 9.59 Å². The maximum atomic E-state index is 13.2. The number of carbonyl (C=O) groups is 2. The lowest BCUT2D eigenvalue weighted by Crippen LogP contribution is -2.33. The van der Waals surface area contributed by atoms with Gasteiger partial charge in [0.25, 0.3) is 11.5 Å². The lowest BCUT2D eigenvalue weighted by Gasteiger charge is -2.19. The van der Waals surface area contributed by atoms with E-state index in [0.29, 0.717) is 22.2 Å². The molecule has 0 aliphatic rings. The minimum atomic E-state index is -1.10. The quantitative estimate of drug-likeness (QED) is 0.490. The highest BCUT2D eigenvalue weighted by Gasteiger charge is 2.26. The van der Waals surface area contributed by atoms with Crippen LogP contribution in [-0.4, -0.2) is 27.5 Å². The van der Waals surface area contributed by atoms with Crippen molar-refractivity contribution in [2.75, 3.05) is 5.32 Å². The summed E-state index contributed by atoms with van der Waals surface area (Å²) in [4.78, 5) is 42.7. The first-order chi connectivity index (χ1) is 15.5. The second-order valence-electron chi connectivity index (χ2n) is 7.25. The van der Waals surface area contributed by atoms with E-state index in [1.807, 2.05) is 36.4 Å². The molecule has 2 aromatic heterocycles. The standard InChI is InChI=1S/C25H21N3O4/c1-16(23(29)27-20-14-8-9-15-26-20)32-25(31)22-21(17-10-4-3-5-11-17)18-12-6-7-13-19(18)24(30)28(22)2/h3-16H,1-2H3,(H,26,27,29). The molecule has 160 valence electrons. The van der Waals surface area contributed by atoms with E-state index in [9.17, 15) is 14.4 Å². The molecule has 1 atom stereocenters. The highest BCUT2D eigenvalue weighted by atomic mass is 16.5. The molecule has 0 aliphatic heterocycles. The zero-order valence-electron chi connectivity index (χ0n) is 17.6. The molecular weight excluding hydrogens is 406 g/mol. The van der Waals surface area contributed by atoms with Gasteiger partial charge in [-0.25, -0.2) is 9.78 Å². The number of rotatable bonds is 5. The van der Waals surface area contributed by atoms with Crippen LogP contribution in [0.3, 0.4) is 0 Å². The molecule has 2 heterocycles. The summed E-state index contributed by atoms with van der Waals surface area (Å²) in [5.74, 6) is -0.939. The van der Waals surface area contributed by atoms with Gasteiger partial charge in [-0.1, -0.05) is 54.6 Å². The van der Waals surface area contributed by atoms with E-state index < -0.39 is 18.0 Å². The molecule has 0 radical (unpaired) electrons. The zero-order valence-corrected chi connectivity index (χ0v) is 17.6. The van der Waals surface area contributed by atoms with Crippen molar-refractivity contribution in [1.29, 1.82) is 0 Å². The smallest absolute Gasteiger partial charge is 0.356 e. The van der Waals surface area contributed by atoms with Crippen molar-refractivity contribution >= 4 is 28.5 Å². The topological polar surface area (TPSA) is 90.3 Å². The molecule has 0 saturated carbocycles. The van der Waals surface area contributed by atoms with Crippen LogP contribution in [0.1, 0.15) is 17.4 Å². The number of carbonyl (C=O) groups excluding carboxylic acids is 2. The number of benzene rings is 2. The van der Waals surface area contributed by atoms with Crippen LogP contribution in [-0.2, 0) is 16.6 Å². The Labute approximate surface area is 184 Å². The first-order valence-corrected chi connectivity index (χ1v) is 10.1. The van der Waals surface area contributed by atoms with E-state index in [1.165, 1.54) is 18.5 Å². The largest absolute Gasteiger partial charge is 0.448 e. The minimum Gasteiger partial charge on any atom is -0.448 e. The summed E-state index contributed by atoms with van der Waals surface area (Å²) in [5.41, 5.74) is 1.10. The predicted molar refractivity (Wildman–Crippen MR) is 122 cm³/mol. The summed E-state index contributed by atoms with van der Waals surface area (Å²) in [5, 5.41) is 3.73. The number of anilines is 1. The van der Waals surface area contributed by atoms with Crippen molar-refractivity contribution in [3.8, 4) is 11.1 Å². The number of pyridine rings is 2. The van der Waals surface area contributed by atoms with Gasteiger partial charge in [-0.05, 0) is 36.1 Å². The van der Waals surface area contributed by atoms with Gasteiger partial charge in [0.05, 0.1) is 0 Å². The third kappa shape index (κ3) is 4.00. The summed E-state index contributed by atoms with van der Waals surface area (Å²) >= 11 is 0. The number of amides is 1. The Morgan fingerprint density at radius 1 is 0.938 bits per heavy atom. The summed E-state index contributed by atoms with van der Waals surface area (Å²) in [6.45, 7) is 1.47. The zero-order chi connectivity index (χ0) is 22.7. The van der Waals surface area contributed by atoms with Crippen LogP contribution in [0.15, 0.2) is 83.8 Å². The molecule has 0 fully saturated rings. The summed E-state index contributed by atoms with van der Waals surface area (Å²) < 4.78 is 6.75. The van der Waals surface area contributed by atoms with Crippen molar-refractivity contribution in [2.24, 2.45) is 7.05 Å². The average molecular weight is 427 g/mol. The third-order valence-corrected chi connectivity index (χ3v) is 5.13. The summed E-state index contributed by atoms with van der Waals surface area (Å²) in [6, 6.07) is 21.5. The van der Waals surface area contributed by atoms with Crippen LogP contribution >= 0.6 is 0 Å². The van der Waals surface area contributed by atoms with E-state index in [2.05, 4.69) is 10.3 Å². The van der Waals surface area contributed by atoms with Crippen molar-refractivity contribution in [2.45, 2.75) is 13.0 Å². The second kappa shape index (κ2) is 8.85. The van der Waals surface area contributed by atoms with E-state index in [4.69, 9.17) is 4.74 Å². The Balaban J connectivity index is 1.75. The van der Waals surface area contributed by atoms with E-state index in [1.54, 1.807) is 42.6 Å². The average Bonchev–Trinajstić information content (AvgIpc) is 2.82. The Hall–Kier alpha value is -4.26. The number of ether oxygens (including phenoxy) is 1. The molecule has 1 N–H and O–H groups in total. The molecule has 0 bridgehead atoms. The number of esters is 1. The lowest BCUT2D eigenvalue weighted by atomic mass is 9.97. The number of fused-ring (bicyclic) bond motifs is 1. The number of hydrogen-bond donors (Lipinski definition) is 1. The van der Waals surface area contributed by atoms with Gasteiger partial charge >= 0.3 is 5.97 Å². The van der Waals surface area contributed by atoms with Gasteiger partial charge in [0.15, 0.2) is 6.10 Å². The van der Waals surface area contributed by atoms with Gasteiger partial charge in [0, 0.05) is 24.2 Å². The maximum Gasteiger partial charge on any atom is 0.356 e. The van der Waals surface area contributed by atoms with E-state index in [0.717, 1.165) is 5.56 Å². The Bertz CT molecular complexity index is 1350. The van der Waals surface area contributed by atoms with Gasteiger partial charge in [0.1, 0.15) is 11.5 Å². The SMILES string of the molecule is CC(OC(=O)c1c(-c2ccccc2)c2ccccc2c(=O)n1C)C(=O)Nc1ccccn1. The molecular formula is C25H21N3O4. The number of aromatic nitrogens is 2. The van der Waals surface area contributed by atoms with Crippen LogP contribution in [0.2, 0.25) is 0 Å². The van der Waals surface area contributed by atoms with Crippen LogP contribution in [0, 0.1) is 0 Å². The molecule has 32 heavy (non-hydrogen) atoms. The van der Waals surface area contributed by atoms with E-state index >= 15 is 0 Å². The fourth-order valence-electron chi connectivity index (χ4n) is 3.54. The molecule has 0 saturated heterocycles. The lowest BCUT2D eigenvalue weighted by molar-refractivity contribution is -0.123. The molecule has 1 amide bonds. The summed E-state index contributed by atoms with van der Waals surface area (Å²) in [7, 11) is 1.52. The molecule has 1 unspecified atom stereocenters. The van der Waals surface area contributed by atoms with Crippen molar-refractivity contribution < 1.29 is 14.3 Å². The van der Waals surface area contributed by atoms with Crippen LogP contribution in [0.5, 0.6) is 0 Å². The van der Waals surface area contributed by atoms with Gasteiger partial charge in [0.2, 0.25) is 0 Å². The first kappa shape index (κ1) is 21.0. The number of nitrogens with zero attached hydrogens (tertiary/aromatic N) is 2. The van der Waals surface area contributed by atoms with Gasteiger partial charge < -0.3 is 14.6 Å². The Morgan fingerprint density at radius 3 is 2.28 bits per heavy atom. The van der Waals surface area contributed by atoms with Crippen LogP contribution in [0.4, 0.5) is 5.82 Å². The molecule has 7 nitrogen and oxygen atoms in total. The van der Waals surface area contributed by atoms with Crippen molar-refractivity contribution in [3.63, 3.8) is 0 Å².